The largest absolute Gasteiger partial charge is 0.358 e. The van der Waals surface area contributed by atoms with Crippen molar-refractivity contribution in [3.05, 3.63) is 12.0 Å². The van der Waals surface area contributed by atoms with E-state index < -0.39 is 10.0 Å². The van der Waals surface area contributed by atoms with Gasteiger partial charge in [-0.25, -0.2) is 13.4 Å². The summed E-state index contributed by atoms with van der Waals surface area (Å²) in [6, 6.07) is 0. The molecule has 1 aromatic heterocycles. The SMILES string of the molecule is CNC(=O)CN1CCN(S(=O)(=O)c2cnc(C)[nH]2)CC1. The fourth-order valence-corrected chi connectivity index (χ4v) is 3.46. The number of nitrogens with one attached hydrogen (secondary N) is 2. The molecule has 9 heteroatoms. The molecule has 2 rings (SSSR count). The molecule has 0 aliphatic carbocycles. The lowest BCUT2D eigenvalue weighted by Gasteiger charge is -2.33. The van der Waals surface area contributed by atoms with Crippen molar-refractivity contribution in [3.8, 4) is 0 Å². The summed E-state index contributed by atoms with van der Waals surface area (Å²) in [5.41, 5.74) is 0. The topological polar surface area (TPSA) is 98.4 Å². The molecular weight excluding hydrogens is 282 g/mol. The summed E-state index contributed by atoms with van der Waals surface area (Å²) in [5, 5.41) is 2.68. The van der Waals surface area contributed by atoms with Crippen LogP contribution in [0.25, 0.3) is 0 Å². The van der Waals surface area contributed by atoms with Gasteiger partial charge in [-0.2, -0.15) is 4.31 Å². The maximum absolute atomic E-state index is 12.3. The highest BCUT2D eigenvalue weighted by Crippen LogP contribution is 2.15. The molecule has 0 saturated carbocycles. The Morgan fingerprint density at radius 2 is 2.05 bits per heavy atom. The number of likely N-dealkylation sites (N-methyl/N-ethyl adjacent to an activating group) is 1. The summed E-state index contributed by atoms with van der Waals surface area (Å²) in [5.74, 6) is 0.507. The van der Waals surface area contributed by atoms with Gasteiger partial charge >= 0.3 is 0 Å². The van der Waals surface area contributed by atoms with E-state index >= 15 is 0 Å². The number of amides is 1. The van der Waals surface area contributed by atoms with Crippen molar-refractivity contribution in [2.75, 3.05) is 39.8 Å². The third kappa shape index (κ3) is 3.17. The van der Waals surface area contributed by atoms with Crippen LogP contribution in [0.1, 0.15) is 5.82 Å². The number of piperazine rings is 1. The first-order valence-corrected chi connectivity index (χ1v) is 7.82. The van der Waals surface area contributed by atoms with Crippen LogP contribution in [0, 0.1) is 6.92 Å². The highest BCUT2D eigenvalue weighted by atomic mass is 32.2. The number of hydrogen-bond donors (Lipinski definition) is 2. The van der Waals surface area contributed by atoms with Crippen LogP contribution in [0.2, 0.25) is 0 Å². The summed E-state index contributed by atoms with van der Waals surface area (Å²) in [7, 11) is -1.92. The minimum absolute atomic E-state index is 0.0644. The van der Waals surface area contributed by atoms with E-state index in [1.165, 1.54) is 10.5 Å². The van der Waals surface area contributed by atoms with Crippen LogP contribution >= 0.6 is 0 Å². The number of aryl methyl sites for hydroxylation is 1. The van der Waals surface area contributed by atoms with Gasteiger partial charge in [-0.15, -0.1) is 0 Å². The summed E-state index contributed by atoms with van der Waals surface area (Å²) in [6.45, 7) is 3.84. The lowest BCUT2D eigenvalue weighted by molar-refractivity contribution is -0.122. The number of carbonyl (C=O) groups excluding carboxylic acids is 1. The Balaban J connectivity index is 1.98. The number of hydrogen-bond acceptors (Lipinski definition) is 5. The molecule has 1 aromatic rings. The molecule has 8 nitrogen and oxygen atoms in total. The van der Waals surface area contributed by atoms with Crippen LogP contribution in [-0.4, -0.2) is 73.3 Å². The molecule has 1 fully saturated rings. The van der Waals surface area contributed by atoms with Crippen molar-refractivity contribution in [1.29, 1.82) is 0 Å². The maximum atomic E-state index is 12.3. The third-order valence-corrected chi connectivity index (χ3v) is 5.08. The Kier molecular flexibility index (Phi) is 4.41. The molecule has 1 saturated heterocycles. The van der Waals surface area contributed by atoms with Crippen LogP contribution in [0.15, 0.2) is 11.2 Å². The number of carbonyl (C=O) groups is 1. The van der Waals surface area contributed by atoms with Crippen molar-refractivity contribution in [3.63, 3.8) is 0 Å². The highest BCUT2D eigenvalue weighted by molar-refractivity contribution is 7.89. The quantitative estimate of drug-likeness (QED) is 0.725. The second kappa shape index (κ2) is 5.90. The molecule has 112 valence electrons. The lowest BCUT2D eigenvalue weighted by Crippen LogP contribution is -2.50. The minimum Gasteiger partial charge on any atom is -0.358 e. The lowest BCUT2D eigenvalue weighted by atomic mass is 10.3. The van der Waals surface area contributed by atoms with E-state index in [-0.39, 0.29) is 10.9 Å². The summed E-state index contributed by atoms with van der Waals surface area (Å²) in [4.78, 5) is 19.9. The normalized spacial score (nSPS) is 18.1. The molecule has 20 heavy (non-hydrogen) atoms. The predicted octanol–water partition coefficient (Wildman–Crippen LogP) is -1.23. The second-order valence-electron chi connectivity index (χ2n) is 4.69. The van der Waals surface area contributed by atoms with Gasteiger partial charge in [-0.05, 0) is 6.92 Å². The minimum atomic E-state index is -3.51. The van der Waals surface area contributed by atoms with Gasteiger partial charge < -0.3 is 10.3 Å². The predicted molar refractivity (Wildman–Crippen MR) is 72.6 cm³/mol. The molecule has 2 heterocycles. The van der Waals surface area contributed by atoms with Crippen LogP contribution in [0.3, 0.4) is 0 Å². The van der Waals surface area contributed by atoms with Crippen molar-refractivity contribution < 1.29 is 13.2 Å². The third-order valence-electron chi connectivity index (χ3n) is 3.27. The molecule has 1 aliphatic heterocycles. The number of aromatic amines is 1. The first kappa shape index (κ1) is 14.9. The van der Waals surface area contributed by atoms with Gasteiger partial charge in [0.05, 0.1) is 12.7 Å². The van der Waals surface area contributed by atoms with Gasteiger partial charge in [0, 0.05) is 33.2 Å². The van der Waals surface area contributed by atoms with Gasteiger partial charge in [0.15, 0.2) is 5.03 Å². The first-order valence-electron chi connectivity index (χ1n) is 6.38. The fourth-order valence-electron chi connectivity index (χ4n) is 2.08. The summed E-state index contributed by atoms with van der Waals surface area (Å²) < 4.78 is 26.1. The number of H-pyrrole nitrogens is 1. The molecular formula is C11H19N5O3S. The molecule has 0 unspecified atom stereocenters. The van der Waals surface area contributed by atoms with E-state index in [2.05, 4.69) is 15.3 Å². The van der Waals surface area contributed by atoms with Gasteiger partial charge in [0.25, 0.3) is 10.0 Å². The molecule has 0 bridgehead atoms. The zero-order chi connectivity index (χ0) is 14.8. The van der Waals surface area contributed by atoms with E-state index in [0.29, 0.717) is 38.5 Å². The van der Waals surface area contributed by atoms with Gasteiger partial charge in [0.2, 0.25) is 5.91 Å². The zero-order valence-electron chi connectivity index (χ0n) is 11.6. The average Bonchev–Trinajstić information content (AvgIpc) is 2.86. The van der Waals surface area contributed by atoms with Gasteiger partial charge in [0.1, 0.15) is 5.82 Å². The Hall–Kier alpha value is -1.45. The number of rotatable bonds is 4. The average molecular weight is 301 g/mol. The van der Waals surface area contributed by atoms with E-state index in [4.69, 9.17) is 0 Å². The smallest absolute Gasteiger partial charge is 0.260 e. The molecule has 1 aliphatic rings. The van der Waals surface area contributed by atoms with E-state index in [1.807, 2.05) is 4.90 Å². The first-order chi connectivity index (χ1) is 9.43. The number of sulfonamides is 1. The van der Waals surface area contributed by atoms with E-state index in [9.17, 15) is 13.2 Å². The molecule has 2 N–H and O–H groups in total. The Morgan fingerprint density at radius 1 is 1.40 bits per heavy atom. The monoisotopic (exact) mass is 301 g/mol. The summed E-state index contributed by atoms with van der Waals surface area (Å²) in [6.07, 6.45) is 1.33. The molecule has 1 amide bonds. The van der Waals surface area contributed by atoms with Crippen molar-refractivity contribution >= 4 is 15.9 Å². The molecule has 0 aromatic carbocycles. The standard InChI is InChI=1S/C11H19N5O3S/c1-9-13-7-11(14-9)20(18,19)16-5-3-15(4-6-16)8-10(17)12-2/h7H,3-6,8H2,1-2H3,(H,12,17)(H,13,14). The zero-order valence-corrected chi connectivity index (χ0v) is 12.4. The van der Waals surface area contributed by atoms with Crippen molar-refractivity contribution in [1.82, 2.24) is 24.5 Å². The van der Waals surface area contributed by atoms with Gasteiger partial charge in [-0.3, -0.25) is 9.69 Å². The summed E-state index contributed by atoms with van der Waals surface area (Å²) >= 11 is 0. The number of aromatic nitrogens is 2. The van der Waals surface area contributed by atoms with Crippen LogP contribution < -0.4 is 5.32 Å². The van der Waals surface area contributed by atoms with Crippen LogP contribution in [-0.2, 0) is 14.8 Å². The fraction of sp³-hybridized carbons (Fsp3) is 0.636. The Labute approximate surface area is 118 Å². The van der Waals surface area contributed by atoms with Crippen LogP contribution in [0.5, 0.6) is 0 Å². The molecule has 0 spiro atoms. The Bertz CT molecular complexity index is 575. The number of nitrogens with zero attached hydrogens (tertiary/aromatic N) is 3. The van der Waals surface area contributed by atoms with Crippen molar-refractivity contribution in [2.24, 2.45) is 0 Å². The van der Waals surface area contributed by atoms with Gasteiger partial charge in [-0.1, -0.05) is 0 Å². The molecule has 0 atom stereocenters. The van der Waals surface area contributed by atoms with E-state index in [0.717, 1.165) is 0 Å². The molecule has 0 radical (unpaired) electrons. The number of imidazole rings is 1. The maximum Gasteiger partial charge on any atom is 0.260 e. The second-order valence-corrected chi connectivity index (χ2v) is 6.59. The van der Waals surface area contributed by atoms with E-state index in [1.54, 1.807) is 14.0 Å². The highest BCUT2D eigenvalue weighted by Gasteiger charge is 2.30. The van der Waals surface area contributed by atoms with Crippen LogP contribution in [0.4, 0.5) is 0 Å². The Morgan fingerprint density at radius 3 is 2.55 bits per heavy atom. The van der Waals surface area contributed by atoms with Crippen molar-refractivity contribution in [2.45, 2.75) is 11.9 Å².